The Labute approximate surface area is 137 Å². The number of halogens is 1. The molecule has 1 atom stereocenters. The van der Waals surface area contributed by atoms with Gasteiger partial charge in [0.2, 0.25) is 0 Å². The molecule has 2 saturated heterocycles. The van der Waals surface area contributed by atoms with Crippen LogP contribution in [0.3, 0.4) is 0 Å². The highest BCUT2D eigenvalue weighted by Gasteiger charge is 2.29. The minimum atomic E-state index is -0.361. The molecule has 2 fully saturated rings. The molecular formula is C16H25ClN4O. The summed E-state index contributed by atoms with van der Waals surface area (Å²) in [5.74, 6) is 0.786. The fraction of sp³-hybridized carbons (Fsp3) is 0.688. The number of rotatable bonds is 2. The lowest BCUT2D eigenvalue weighted by Crippen LogP contribution is -2.46. The lowest BCUT2D eigenvalue weighted by Gasteiger charge is -2.37. The molecule has 0 unspecified atom stereocenters. The largest absolute Gasteiger partial charge is 0.390 e. The number of aliphatic hydroxyl groups is 1. The van der Waals surface area contributed by atoms with Crippen LogP contribution in [-0.4, -0.2) is 78.4 Å². The van der Waals surface area contributed by atoms with Gasteiger partial charge in [0.1, 0.15) is 5.82 Å². The first-order valence-electron chi connectivity index (χ1n) is 8.09. The number of aromatic nitrogens is 1. The molecule has 3 rings (SSSR count). The van der Waals surface area contributed by atoms with Crippen molar-refractivity contribution in [1.29, 1.82) is 0 Å². The zero-order valence-corrected chi connectivity index (χ0v) is 13.9. The zero-order chi connectivity index (χ0) is 15.5. The fourth-order valence-corrected chi connectivity index (χ4v) is 3.75. The van der Waals surface area contributed by atoms with Gasteiger partial charge in [-0.3, -0.25) is 4.90 Å². The molecule has 2 aliphatic rings. The van der Waals surface area contributed by atoms with Crippen LogP contribution in [0.15, 0.2) is 18.3 Å². The molecular weight excluding hydrogens is 300 g/mol. The summed E-state index contributed by atoms with van der Waals surface area (Å²) in [6, 6.07) is 4.28. The van der Waals surface area contributed by atoms with E-state index in [1.807, 2.05) is 12.1 Å². The van der Waals surface area contributed by atoms with Crippen LogP contribution in [0.4, 0.5) is 5.82 Å². The highest BCUT2D eigenvalue weighted by Crippen LogP contribution is 2.25. The van der Waals surface area contributed by atoms with Crippen molar-refractivity contribution in [3.63, 3.8) is 0 Å². The van der Waals surface area contributed by atoms with Crippen molar-refractivity contribution in [3.8, 4) is 0 Å². The summed E-state index contributed by atoms with van der Waals surface area (Å²) in [4.78, 5) is 11.3. The number of pyridine rings is 1. The number of nitrogens with zero attached hydrogens (tertiary/aromatic N) is 4. The van der Waals surface area contributed by atoms with Crippen molar-refractivity contribution >= 4 is 17.4 Å². The van der Waals surface area contributed by atoms with Crippen LogP contribution >= 0.6 is 11.6 Å². The van der Waals surface area contributed by atoms with E-state index in [-0.39, 0.29) is 6.10 Å². The second-order valence-electron chi connectivity index (χ2n) is 6.44. The van der Waals surface area contributed by atoms with Crippen LogP contribution in [0.2, 0.25) is 5.02 Å². The number of β-amino-alcohol motifs (C(OH)–C–C–N with tert-alkyl or cyclic N) is 1. The van der Waals surface area contributed by atoms with E-state index in [1.54, 1.807) is 6.20 Å². The van der Waals surface area contributed by atoms with E-state index < -0.39 is 0 Å². The number of anilines is 1. The Bertz CT molecular complexity index is 493. The number of piperidine rings is 1. The van der Waals surface area contributed by atoms with Crippen molar-refractivity contribution in [2.45, 2.75) is 25.0 Å². The quantitative estimate of drug-likeness (QED) is 0.888. The minimum Gasteiger partial charge on any atom is -0.390 e. The minimum absolute atomic E-state index is 0.361. The van der Waals surface area contributed by atoms with Crippen LogP contribution < -0.4 is 4.90 Å². The Hall–Kier alpha value is -0.880. The van der Waals surface area contributed by atoms with Crippen molar-refractivity contribution in [2.75, 3.05) is 51.2 Å². The summed E-state index contributed by atoms with van der Waals surface area (Å²) >= 11 is 6.25. The van der Waals surface area contributed by atoms with Gasteiger partial charge in [0, 0.05) is 38.4 Å². The fourth-order valence-electron chi connectivity index (χ4n) is 3.51. The van der Waals surface area contributed by atoms with Crippen LogP contribution in [0.1, 0.15) is 12.8 Å². The number of hydrogen-bond donors (Lipinski definition) is 1. The molecule has 0 bridgehead atoms. The van der Waals surface area contributed by atoms with Gasteiger partial charge in [-0.2, -0.15) is 0 Å². The van der Waals surface area contributed by atoms with E-state index in [9.17, 15) is 5.11 Å². The first-order valence-corrected chi connectivity index (χ1v) is 8.47. The molecule has 2 aliphatic heterocycles. The summed E-state index contributed by atoms with van der Waals surface area (Å²) in [6.45, 7) is 5.45. The summed E-state index contributed by atoms with van der Waals surface area (Å²) in [5, 5.41) is 11.1. The molecule has 0 radical (unpaired) electrons. The van der Waals surface area contributed by atoms with Gasteiger partial charge in [-0.05, 0) is 45.1 Å². The van der Waals surface area contributed by atoms with E-state index in [2.05, 4.69) is 26.7 Å². The summed E-state index contributed by atoms with van der Waals surface area (Å²) in [7, 11) is 2.18. The van der Waals surface area contributed by atoms with Gasteiger partial charge in [-0.15, -0.1) is 0 Å². The van der Waals surface area contributed by atoms with Crippen LogP contribution in [0.5, 0.6) is 0 Å². The van der Waals surface area contributed by atoms with E-state index >= 15 is 0 Å². The van der Waals surface area contributed by atoms with E-state index in [0.29, 0.717) is 17.6 Å². The van der Waals surface area contributed by atoms with Gasteiger partial charge >= 0.3 is 0 Å². The predicted octanol–water partition coefficient (Wildman–Crippen LogP) is 1.31. The van der Waals surface area contributed by atoms with E-state index in [1.165, 1.54) is 12.8 Å². The van der Waals surface area contributed by atoms with Crippen LogP contribution in [0, 0.1) is 0 Å². The third-order valence-corrected chi connectivity index (χ3v) is 5.07. The molecule has 1 aromatic rings. The number of aliphatic hydroxyl groups excluding tert-OH is 1. The van der Waals surface area contributed by atoms with Crippen molar-refractivity contribution in [3.05, 3.63) is 23.4 Å². The lowest BCUT2D eigenvalue weighted by atomic mass is 10.0. The summed E-state index contributed by atoms with van der Waals surface area (Å²) < 4.78 is 0. The molecule has 0 saturated carbocycles. The monoisotopic (exact) mass is 324 g/mol. The SMILES string of the molecule is CN1CCC(N2CCN(c3ncccc3Cl)C[C@H](O)C2)CC1. The Morgan fingerprint density at radius 2 is 1.95 bits per heavy atom. The third-order valence-electron chi connectivity index (χ3n) is 4.78. The van der Waals surface area contributed by atoms with Gasteiger partial charge < -0.3 is 14.9 Å². The maximum absolute atomic E-state index is 10.4. The third kappa shape index (κ3) is 3.71. The zero-order valence-electron chi connectivity index (χ0n) is 13.2. The smallest absolute Gasteiger partial charge is 0.147 e. The Kier molecular flexibility index (Phi) is 5.18. The standard InChI is InChI=1S/C16H25ClN4O/c1-19-7-4-13(5-8-19)20-9-10-21(12-14(22)11-20)16-15(17)3-2-6-18-16/h2-3,6,13-14,22H,4-5,7-12H2,1H3/t14-/m1/s1. The predicted molar refractivity (Wildman–Crippen MR) is 89.6 cm³/mol. The Morgan fingerprint density at radius 3 is 2.68 bits per heavy atom. The molecule has 122 valence electrons. The molecule has 0 spiro atoms. The second kappa shape index (κ2) is 7.13. The van der Waals surface area contributed by atoms with Crippen molar-refractivity contribution in [2.24, 2.45) is 0 Å². The van der Waals surface area contributed by atoms with Gasteiger partial charge in [0.15, 0.2) is 0 Å². The summed E-state index contributed by atoms with van der Waals surface area (Å²) in [5.41, 5.74) is 0. The molecule has 5 nitrogen and oxygen atoms in total. The van der Waals surface area contributed by atoms with E-state index in [0.717, 1.165) is 38.5 Å². The van der Waals surface area contributed by atoms with Crippen molar-refractivity contribution < 1.29 is 5.11 Å². The maximum Gasteiger partial charge on any atom is 0.147 e. The second-order valence-corrected chi connectivity index (χ2v) is 6.85. The Balaban J connectivity index is 1.67. The molecule has 0 amide bonds. The normalized spacial score (nSPS) is 26.1. The molecule has 6 heteroatoms. The van der Waals surface area contributed by atoms with Crippen LogP contribution in [-0.2, 0) is 0 Å². The molecule has 0 aliphatic carbocycles. The highest BCUT2D eigenvalue weighted by atomic mass is 35.5. The number of likely N-dealkylation sites (tertiary alicyclic amines) is 1. The van der Waals surface area contributed by atoms with Crippen LogP contribution in [0.25, 0.3) is 0 Å². The highest BCUT2D eigenvalue weighted by molar-refractivity contribution is 6.32. The summed E-state index contributed by atoms with van der Waals surface area (Å²) in [6.07, 6.45) is 3.77. The van der Waals surface area contributed by atoms with Gasteiger partial charge in [-0.25, -0.2) is 4.98 Å². The average molecular weight is 325 g/mol. The Morgan fingerprint density at radius 1 is 1.18 bits per heavy atom. The first kappa shape index (κ1) is 16.0. The van der Waals surface area contributed by atoms with Gasteiger partial charge in [-0.1, -0.05) is 11.6 Å². The van der Waals surface area contributed by atoms with Crippen molar-refractivity contribution in [1.82, 2.24) is 14.8 Å². The van der Waals surface area contributed by atoms with Gasteiger partial charge in [0.05, 0.1) is 11.1 Å². The maximum atomic E-state index is 10.4. The topological polar surface area (TPSA) is 42.8 Å². The molecule has 1 N–H and O–H groups in total. The molecule has 22 heavy (non-hydrogen) atoms. The first-order chi connectivity index (χ1) is 10.6. The lowest BCUT2D eigenvalue weighted by molar-refractivity contribution is 0.0774. The molecule has 1 aromatic heterocycles. The molecule has 3 heterocycles. The van der Waals surface area contributed by atoms with Gasteiger partial charge in [0.25, 0.3) is 0 Å². The average Bonchev–Trinajstić information content (AvgIpc) is 2.70. The van der Waals surface area contributed by atoms with E-state index in [4.69, 9.17) is 11.6 Å². The number of hydrogen-bond acceptors (Lipinski definition) is 5. The molecule has 0 aromatic carbocycles.